The quantitative estimate of drug-likeness (QED) is 0.692. The first-order valence-electron chi connectivity index (χ1n) is 7.56. The van der Waals surface area contributed by atoms with Gasteiger partial charge in [-0.05, 0) is 24.6 Å². The summed E-state index contributed by atoms with van der Waals surface area (Å²) in [7, 11) is -1.83. The SMILES string of the molecule is COc1ccc(CN(Cc2cnc[nH]2)[C@@H](C)COS(C)(=O)=O)cc1. The number of hydrogen-bond donors (Lipinski definition) is 1. The zero-order chi connectivity index (χ0) is 17.6. The maximum Gasteiger partial charge on any atom is 0.264 e. The molecule has 0 saturated heterocycles. The molecular weight excluding hydrogens is 330 g/mol. The molecule has 0 saturated carbocycles. The van der Waals surface area contributed by atoms with E-state index in [0.717, 1.165) is 23.3 Å². The first-order valence-corrected chi connectivity index (χ1v) is 9.37. The number of rotatable bonds is 9. The van der Waals surface area contributed by atoms with Gasteiger partial charge in [-0.3, -0.25) is 9.08 Å². The number of nitrogens with one attached hydrogen (secondary N) is 1. The van der Waals surface area contributed by atoms with Crippen molar-refractivity contribution in [1.29, 1.82) is 0 Å². The average molecular weight is 353 g/mol. The molecule has 0 bridgehead atoms. The highest BCUT2D eigenvalue weighted by Crippen LogP contribution is 2.16. The number of H-pyrrole nitrogens is 1. The molecule has 1 aromatic heterocycles. The first kappa shape index (κ1) is 18.4. The summed E-state index contributed by atoms with van der Waals surface area (Å²) in [5, 5.41) is 0. The molecule has 0 radical (unpaired) electrons. The van der Waals surface area contributed by atoms with Crippen molar-refractivity contribution in [2.75, 3.05) is 20.0 Å². The molecule has 24 heavy (non-hydrogen) atoms. The molecule has 1 aromatic carbocycles. The lowest BCUT2D eigenvalue weighted by Crippen LogP contribution is -2.36. The highest BCUT2D eigenvalue weighted by atomic mass is 32.2. The first-order chi connectivity index (χ1) is 11.4. The Labute approximate surface area is 142 Å². The molecular formula is C16H23N3O4S. The molecule has 1 N–H and O–H groups in total. The minimum atomic E-state index is -3.46. The number of aromatic amines is 1. The van der Waals surface area contributed by atoms with Crippen LogP contribution in [0.15, 0.2) is 36.8 Å². The second-order valence-corrected chi connectivity index (χ2v) is 7.31. The van der Waals surface area contributed by atoms with E-state index in [1.807, 2.05) is 31.2 Å². The van der Waals surface area contributed by atoms with Crippen molar-refractivity contribution in [2.45, 2.75) is 26.1 Å². The molecule has 0 unspecified atom stereocenters. The molecule has 7 nitrogen and oxygen atoms in total. The van der Waals surface area contributed by atoms with Crippen molar-refractivity contribution >= 4 is 10.1 Å². The van der Waals surface area contributed by atoms with Crippen molar-refractivity contribution < 1.29 is 17.3 Å². The van der Waals surface area contributed by atoms with Gasteiger partial charge in [-0.15, -0.1) is 0 Å². The van der Waals surface area contributed by atoms with E-state index >= 15 is 0 Å². The minimum absolute atomic E-state index is 0.0925. The Kier molecular flexibility index (Phi) is 6.36. The molecule has 1 heterocycles. The number of ether oxygens (including phenoxy) is 1. The second-order valence-electron chi connectivity index (χ2n) is 5.67. The Morgan fingerprint density at radius 3 is 2.50 bits per heavy atom. The summed E-state index contributed by atoms with van der Waals surface area (Å²) in [4.78, 5) is 9.22. The monoisotopic (exact) mass is 353 g/mol. The van der Waals surface area contributed by atoms with E-state index in [1.165, 1.54) is 0 Å². The zero-order valence-electron chi connectivity index (χ0n) is 14.1. The van der Waals surface area contributed by atoms with Gasteiger partial charge in [0.05, 0.1) is 26.3 Å². The van der Waals surface area contributed by atoms with Crippen molar-refractivity contribution in [2.24, 2.45) is 0 Å². The van der Waals surface area contributed by atoms with Crippen LogP contribution in [0.2, 0.25) is 0 Å². The summed E-state index contributed by atoms with van der Waals surface area (Å²) in [5.41, 5.74) is 2.05. The molecule has 132 valence electrons. The maximum atomic E-state index is 11.2. The lowest BCUT2D eigenvalue weighted by Gasteiger charge is -2.28. The highest BCUT2D eigenvalue weighted by molar-refractivity contribution is 7.85. The van der Waals surface area contributed by atoms with Gasteiger partial charge in [0, 0.05) is 31.0 Å². The number of aromatic nitrogens is 2. The van der Waals surface area contributed by atoms with Gasteiger partial charge in [0.1, 0.15) is 5.75 Å². The van der Waals surface area contributed by atoms with Crippen LogP contribution in [-0.2, 0) is 27.4 Å². The highest BCUT2D eigenvalue weighted by Gasteiger charge is 2.18. The lowest BCUT2D eigenvalue weighted by atomic mass is 10.1. The molecule has 0 aliphatic heterocycles. The minimum Gasteiger partial charge on any atom is -0.497 e. The van der Waals surface area contributed by atoms with Crippen LogP contribution in [0.5, 0.6) is 5.75 Å². The topological polar surface area (TPSA) is 84.5 Å². The van der Waals surface area contributed by atoms with Crippen LogP contribution in [0.3, 0.4) is 0 Å². The van der Waals surface area contributed by atoms with Crippen LogP contribution in [0.1, 0.15) is 18.2 Å². The standard InChI is InChI=1S/C16H23N3O4S/c1-13(11-23-24(3,20)21)19(10-15-8-17-12-18-15)9-14-4-6-16(22-2)7-5-14/h4-8,12-13H,9-11H2,1-3H3,(H,17,18)/t13-/m0/s1. The van der Waals surface area contributed by atoms with E-state index in [4.69, 9.17) is 8.92 Å². The van der Waals surface area contributed by atoms with Gasteiger partial charge in [-0.2, -0.15) is 8.42 Å². The number of imidazole rings is 1. The smallest absolute Gasteiger partial charge is 0.264 e. The third-order valence-electron chi connectivity index (χ3n) is 3.62. The van der Waals surface area contributed by atoms with Gasteiger partial charge in [0.25, 0.3) is 10.1 Å². The van der Waals surface area contributed by atoms with Crippen molar-refractivity contribution in [3.8, 4) is 5.75 Å². The predicted octanol–water partition coefficient (Wildman–Crippen LogP) is 1.79. The van der Waals surface area contributed by atoms with Crippen LogP contribution < -0.4 is 4.74 Å². The maximum absolute atomic E-state index is 11.2. The van der Waals surface area contributed by atoms with E-state index in [0.29, 0.717) is 13.1 Å². The molecule has 0 aliphatic rings. The lowest BCUT2D eigenvalue weighted by molar-refractivity contribution is 0.134. The summed E-state index contributed by atoms with van der Waals surface area (Å²) in [6.45, 7) is 3.30. The van der Waals surface area contributed by atoms with Crippen LogP contribution in [-0.4, -0.2) is 49.3 Å². The molecule has 8 heteroatoms. The fourth-order valence-electron chi connectivity index (χ4n) is 2.25. The van der Waals surface area contributed by atoms with E-state index in [2.05, 4.69) is 14.9 Å². The van der Waals surface area contributed by atoms with Crippen molar-refractivity contribution in [1.82, 2.24) is 14.9 Å². The van der Waals surface area contributed by atoms with Crippen molar-refractivity contribution in [3.63, 3.8) is 0 Å². The van der Waals surface area contributed by atoms with Gasteiger partial charge in [0.15, 0.2) is 0 Å². The summed E-state index contributed by atoms with van der Waals surface area (Å²) in [5.74, 6) is 0.798. The number of benzene rings is 1. The van der Waals surface area contributed by atoms with Gasteiger partial charge >= 0.3 is 0 Å². The fraction of sp³-hybridized carbons (Fsp3) is 0.438. The van der Waals surface area contributed by atoms with Crippen LogP contribution >= 0.6 is 0 Å². The Balaban J connectivity index is 2.08. The second kappa shape index (κ2) is 8.27. The Morgan fingerprint density at radius 1 is 1.25 bits per heavy atom. The molecule has 0 spiro atoms. The summed E-state index contributed by atoms with van der Waals surface area (Å²) in [6.07, 6.45) is 4.44. The Hall–Kier alpha value is -1.90. The fourth-order valence-corrected chi connectivity index (χ4v) is 2.69. The third-order valence-corrected chi connectivity index (χ3v) is 4.18. The van der Waals surface area contributed by atoms with E-state index in [-0.39, 0.29) is 12.6 Å². The van der Waals surface area contributed by atoms with E-state index in [9.17, 15) is 8.42 Å². The summed E-state index contributed by atoms with van der Waals surface area (Å²) in [6, 6.07) is 7.69. The normalized spacial score (nSPS) is 13.2. The number of nitrogens with zero attached hydrogens (tertiary/aromatic N) is 2. The van der Waals surface area contributed by atoms with Gasteiger partial charge < -0.3 is 9.72 Å². The van der Waals surface area contributed by atoms with Crippen LogP contribution in [0, 0.1) is 0 Å². The molecule has 0 fully saturated rings. The average Bonchev–Trinajstić information content (AvgIpc) is 3.05. The van der Waals surface area contributed by atoms with Gasteiger partial charge in [0.2, 0.25) is 0 Å². The van der Waals surface area contributed by atoms with Crippen molar-refractivity contribution in [3.05, 3.63) is 48.0 Å². The largest absolute Gasteiger partial charge is 0.497 e. The third kappa shape index (κ3) is 5.95. The Bertz CT molecular complexity index is 714. The van der Waals surface area contributed by atoms with Gasteiger partial charge in [-0.1, -0.05) is 12.1 Å². The van der Waals surface area contributed by atoms with Gasteiger partial charge in [-0.25, -0.2) is 4.98 Å². The number of methoxy groups -OCH3 is 1. The molecule has 2 aromatic rings. The van der Waals surface area contributed by atoms with E-state index < -0.39 is 10.1 Å². The molecule has 2 rings (SSSR count). The van der Waals surface area contributed by atoms with E-state index in [1.54, 1.807) is 19.6 Å². The van der Waals surface area contributed by atoms with Crippen LogP contribution in [0.4, 0.5) is 0 Å². The Morgan fingerprint density at radius 2 is 1.96 bits per heavy atom. The molecule has 0 amide bonds. The number of hydrogen-bond acceptors (Lipinski definition) is 6. The molecule has 0 aliphatic carbocycles. The summed E-state index contributed by atoms with van der Waals surface area (Å²) < 4.78 is 32.6. The zero-order valence-corrected chi connectivity index (χ0v) is 14.9. The predicted molar refractivity (Wildman–Crippen MR) is 91.1 cm³/mol. The molecule has 1 atom stereocenters. The van der Waals surface area contributed by atoms with Crippen LogP contribution in [0.25, 0.3) is 0 Å². The summed E-state index contributed by atoms with van der Waals surface area (Å²) >= 11 is 0.